The van der Waals surface area contributed by atoms with Gasteiger partial charge < -0.3 is 19.9 Å². The van der Waals surface area contributed by atoms with Crippen LogP contribution in [0.4, 0.5) is 0 Å². The Bertz CT molecular complexity index is 520. The summed E-state index contributed by atoms with van der Waals surface area (Å²) in [6, 6.07) is 6.25. The van der Waals surface area contributed by atoms with Gasteiger partial charge in [0.25, 0.3) is 5.91 Å². The molecule has 0 bridgehead atoms. The third-order valence-corrected chi connectivity index (χ3v) is 3.33. The second-order valence-electron chi connectivity index (χ2n) is 4.89. The molecule has 1 fully saturated rings. The molecule has 1 aliphatic heterocycles. The summed E-state index contributed by atoms with van der Waals surface area (Å²) in [6.07, 6.45) is 0. The predicted octanol–water partition coefficient (Wildman–Crippen LogP) is 0.634. The molecule has 1 saturated heterocycles. The SMILES string of the molecule is Cl.O=C(COc1ccccc1C(=O)O)NCCN1CCOCC1. The van der Waals surface area contributed by atoms with E-state index in [9.17, 15) is 9.59 Å². The lowest BCUT2D eigenvalue weighted by Gasteiger charge is -2.26. The largest absolute Gasteiger partial charge is 0.483 e. The zero-order valence-electron chi connectivity index (χ0n) is 12.7. The van der Waals surface area contributed by atoms with E-state index >= 15 is 0 Å². The number of nitrogens with one attached hydrogen (secondary N) is 1. The van der Waals surface area contributed by atoms with Crippen LogP contribution < -0.4 is 10.1 Å². The highest BCUT2D eigenvalue weighted by Crippen LogP contribution is 2.17. The number of nitrogens with zero attached hydrogens (tertiary/aromatic N) is 1. The van der Waals surface area contributed by atoms with Crippen LogP contribution >= 0.6 is 12.4 Å². The number of amides is 1. The number of rotatable bonds is 7. The van der Waals surface area contributed by atoms with Gasteiger partial charge in [-0.25, -0.2) is 4.79 Å². The van der Waals surface area contributed by atoms with E-state index in [1.165, 1.54) is 12.1 Å². The highest BCUT2D eigenvalue weighted by atomic mass is 35.5. The van der Waals surface area contributed by atoms with E-state index in [0.29, 0.717) is 6.54 Å². The zero-order valence-corrected chi connectivity index (χ0v) is 13.5. The summed E-state index contributed by atoms with van der Waals surface area (Å²) in [5.74, 6) is -1.16. The lowest BCUT2D eigenvalue weighted by atomic mass is 10.2. The fourth-order valence-electron chi connectivity index (χ4n) is 2.14. The van der Waals surface area contributed by atoms with E-state index in [-0.39, 0.29) is 36.2 Å². The van der Waals surface area contributed by atoms with E-state index in [4.69, 9.17) is 14.6 Å². The molecule has 1 aliphatic rings. The Balaban J connectivity index is 0.00000264. The van der Waals surface area contributed by atoms with Crippen LogP contribution in [-0.2, 0) is 9.53 Å². The molecule has 0 aromatic heterocycles. The van der Waals surface area contributed by atoms with Gasteiger partial charge in [0.15, 0.2) is 6.61 Å². The summed E-state index contributed by atoms with van der Waals surface area (Å²) in [6.45, 7) is 4.29. The van der Waals surface area contributed by atoms with Crippen molar-refractivity contribution in [2.24, 2.45) is 0 Å². The summed E-state index contributed by atoms with van der Waals surface area (Å²) in [4.78, 5) is 24.9. The van der Waals surface area contributed by atoms with Crippen molar-refractivity contribution in [1.82, 2.24) is 10.2 Å². The molecular formula is C15H21ClN2O5. The minimum Gasteiger partial charge on any atom is -0.483 e. The van der Waals surface area contributed by atoms with Gasteiger partial charge in [-0.2, -0.15) is 0 Å². The standard InChI is InChI=1S/C15H20N2O5.ClH/c18-14(16-5-6-17-7-9-21-10-8-17)11-22-13-4-2-1-3-12(13)15(19)20;/h1-4H,5-11H2,(H,16,18)(H,19,20);1H. The lowest BCUT2D eigenvalue weighted by molar-refractivity contribution is -0.123. The molecule has 0 atom stereocenters. The maximum Gasteiger partial charge on any atom is 0.339 e. The Morgan fingerprint density at radius 3 is 2.65 bits per heavy atom. The van der Waals surface area contributed by atoms with Gasteiger partial charge in [0, 0.05) is 26.2 Å². The van der Waals surface area contributed by atoms with Gasteiger partial charge in [0.05, 0.1) is 13.2 Å². The van der Waals surface area contributed by atoms with Gasteiger partial charge in [-0.1, -0.05) is 12.1 Å². The van der Waals surface area contributed by atoms with Crippen LogP contribution in [0.1, 0.15) is 10.4 Å². The molecule has 7 nitrogen and oxygen atoms in total. The second-order valence-corrected chi connectivity index (χ2v) is 4.89. The summed E-state index contributed by atoms with van der Waals surface area (Å²) >= 11 is 0. The smallest absolute Gasteiger partial charge is 0.339 e. The van der Waals surface area contributed by atoms with Crippen molar-refractivity contribution >= 4 is 24.3 Å². The maximum absolute atomic E-state index is 11.7. The molecule has 128 valence electrons. The van der Waals surface area contributed by atoms with Gasteiger partial charge in [0.1, 0.15) is 11.3 Å². The number of morpholine rings is 1. The van der Waals surface area contributed by atoms with Crippen molar-refractivity contribution in [3.63, 3.8) is 0 Å². The lowest BCUT2D eigenvalue weighted by Crippen LogP contribution is -2.42. The van der Waals surface area contributed by atoms with E-state index in [1.54, 1.807) is 12.1 Å². The Kier molecular flexibility index (Phi) is 8.39. The van der Waals surface area contributed by atoms with Crippen LogP contribution in [0.25, 0.3) is 0 Å². The average molecular weight is 345 g/mol. The number of para-hydroxylation sites is 1. The van der Waals surface area contributed by atoms with Crippen molar-refractivity contribution in [3.05, 3.63) is 29.8 Å². The molecule has 0 radical (unpaired) electrons. The number of ether oxygens (including phenoxy) is 2. The monoisotopic (exact) mass is 344 g/mol. The minimum atomic E-state index is -1.08. The zero-order chi connectivity index (χ0) is 15.8. The van der Waals surface area contributed by atoms with Gasteiger partial charge in [-0.15, -0.1) is 12.4 Å². The van der Waals surface area contributed by atoms with Crippen molar-refractivity contribution in [2.45, 2.75) is 0 Å². The number of halogens is 1. The highest BCUT2D eigenvalue weighted by molar-refractivity contribution is 5.91. The van der Waals surface area contributed by atoms with Crippen molar-refractivity contribution in [1.29, 1.82) is 0 Å². The molecule has 0 spiro atoms. The number of carboxylic acid groups (broad SMARTS) is 1. The Hall–Kier alpha value is -1.83. The number of benzene rings is 1. The van der Waals surface area contributed by atoms with Gasteiger partial charge in [-0.3, -0.25) is 9.69 Å². The maximum atomic E-state index is 11.7. The van der Waals surface area contributed by atoms with Crippen molar-refractivity contribution in [3.8, 4) is 5.75 Å². The quantitative estimate of drug-likeness (QED) is 0.754. The molecule has 1 aromatic carbocycles. The number of carbonyl (C=O) groups excluding carboxylic acids is 1. The number of aromatic carboxylic acids is 1. The Labute approximate surface area is 141 Å². The van der Waals surface area contributed by atoms with E-state index < -0.39 is 5.97 Å². The fourth-order valence-corrected chi connectivity index (χ4v) is 2.14. The van der Waals surface area contributed by atoms with E-state index in [2.05, 4.69) is 10.2 Å². The molecule has 8 heteroatoms. The van der Waals surface area contributed by atoms with Crippen LogP contribution in [0.5, 0.6) is 5.75 Å². The number of carbonyl (C=O) groups is 2. The van der Waals surface area contributed by atoms with Crippen molar-refractivity contribution < 1.29 is 24.2 Å². The molecule has 1 aromatic rings. The fraction of sp³-hybridized carbons (Fsp3) is 0.467. The summed E-state index contributed by atoms with van der Waals surface area (Å²) in [5.41, 5.74) is 0.0450. The number of hydrogen-bond acceptors (Lipinski definition) is 5. The van der Waals surface area contributed by atoms with Crippen LogP contribution in [0.3, 0.4) is 0 Å². The van der Waals surface area contributed by atoms with E-state index in [0.717, 1.165) is 32.8 Å². The number of hydrogen-bond donors (Lipinski definition) is 2. The van der Waals surface area contributed by atoms with Crippen molar-refractivity contribution in [2.75, 3.05) is 46.0 Å². The first kappa shape index (κ1) is 19.2. The third kappa shape index (κ3) is 6.43. The molecule has 1 heterocycles. The molecule has 2 N–H and O–H groups in total. The minimum absolute atomic E-state index is 0. The van der Waals surface area contributed by atoms with Crippen LogP contribution in [-0.4, -0.2) is 67.9 Å². The molecule has 1 amide bonds. The second kappa shape index (κ2) is 10.0. The van der Waals surface area contributed by atoms with Crippen LogP contribution in [0.2, 0.25) is 0 Å². The highest BCUT2D eigenvalue weighted by Gasteiger charge is 2.12. The van der Waals surface area contributed by atoms with Crippen LogP contribution in [0, 0.1) is 0 Å². The molecular weight excluding hydrogens is 324 g/mol. The third-order valence-electron chi connectivity index (χ3n) is 3.33. The van der Waals surface area contributed by atoms with Crippen LogP contribution in [0.15, 0.2) is 24.3 Å². The molecule has 23 heavy (non-hydrogen) atoms. The summed E-state index contributed by atoms with van der Waals surface area (Å²) in [7, 11) is 0. The normalized spacial score (nSPS) is 14.6. The number of carboxylic acids is 1. The van der Waals surface area contributed by atoms with Gasteiger partial charge >= 0.3 is 5.97 Å². The van der Waals surface area contributed by atoms with Gasteiger partial charge in [0.2, 0.25) is 0 Å². The Morgan fingerprint density at radius 1 is 1.26 bits per heavy atom. The van der Waals surface area contributed by atoms with E-state index in [1.807, 2.05) is 0 Å². The molecule has 2 rings (SSSR count). The Morgan fingerprint density at radius 2 is 1.96 bits per heavy atom. The van der Waals surface area contributed by atoms with Gasteiger partial charge in [-0.05, 0) is 12.1 Å². The predicted molar refractivity (Wildman–Crippen MR) is 86.4 cm³/mol. The summed E-state index contributed by atoms with van der Waals surface area (Å²) in [5, 5.41) is 11.8. The molecule has 0 unspecified atom stereocenters. The summed E-state index contributed by atoms with van der Waals surface area (Å²) < 4.78 is 10.5. The molecule has 0 aliphatic carbocycles. The first-order valence-electron chi connectivity index (χ1n) is 7.19. The topological polar surface area (TPSA) is 88.1 Å². The first-order chi connectivity index (χ1) is 10.7. The first-order valence-corrected chi connectivity index (χ1v) is 7.19. The molecule has 0 saturated carbocycles. The average Bonchev–Trinajstić information content (AvgIpc) is 2.54.